The van der Waals surface area contributed by atoms with Crippen molar-refractivity contribution in [1.29, 1.82) is 0 Å². The lowest BCUT2D eigenvalue weighted by Crippen LogP contribution is -2.50. The first kappa shape index (κ1) is 12.9. The third-order valence-electron chi connectivity index (χ3n) is 3.81. The highest BCUT2D eigenvalue weighted by molar-refractivity contribution is 6.31. The molecule has 17 heavy (non-hydrogen) atoms. The highest BCUT2D eigenvalue weighted by Crippen LogP contribution is 2.31. The van der Waals surface area contributed by atoms with E-state index in [2.05, 4.69) is 18.3 Å². The number of hydrogen-bond donors (Lipinski definition) is 2. The van der Waals surface area contributed by atoms with E-state index in [1.165, 1.54) is 0 Å². The lowest BCUT2D eigenvalue weighted by Gasteiger charge is -2.39. The van der Waals surface area contributed by atoms with Crippen molar-refractivity contribution in [3.63, 3.8) is 0 Å². The Morgan fingerprint density at radius 2 is 2.29 bits per heavy atom. The van der Waals surface area contributed by atoms with Crippen LogP contribution in [0, 0.1) is 12.8 Å². The number of nitrogens with one attached hydrogen (secondary N) is 1. The van der Waals surface area contributed by atoms with Crippen LogP contribution in [0.15, 0.2) is 18.2 Å². The first-order chi connectivity index (χ1) is 8.01. The largest absolute Gasteiger partial charge is 0.389 e. The van der Waals surface area contributed by atoms with Crippen LogP contribution in [0.5, 0.6) is 0 Å². The Morgan fingerprint density at radius 1 is 1.53 bits per heavy atom. The van der Waals surface area contributed by atoms with E-state index in [0.29, 0.717) is 6.42 Å². The average Bonchev–Trinajstić information content (AvgIpc) is 2.27. The van der Waals surface area contributed by atoms with Crippen molar-refractivity contribution in [2.45, 2.75) is 32.3 Å². The van der Waals surface area contributed by atoms with Gasteiger partial charge in [-0.15, -0.1) is 0 Å². The monoisotopic (exact) mass is 253 g/mol. The molecule has 2 unspecified atom stereocenters. The first-order valence-corrected chi connectivity index (χ1v) is 6.57. The number of rotatable bonds is 2. The molecular weight excluding hydrogens is 234 g/mol. The Morgan fingerprint density at radius 3 is 2.94 bits per heavy atom. The molecule has 1 aliphatic rings. The second-order valence-electron chi connectivity index (χ2n) is 5.23. The second kappa shape index (κ2) is 4.97. The second-order valence-corrected chi connectivity index (χ2v) is 5.64. The van der Waals surface area contributed by atoms with E-state index in [-0.39, 0.29) is 5.92 Å². The number of halogens is 1. The summed E-state index contributed by atoms with van der Waals surface area (Å²) in [6.07, 6.45) is 1.44. The Labute approximate surface area is 108 Å². The zero-order chi connectivity index (χ0) is 12.5. The van der Waals surface area contributed by atoms with E-state index >= 15 is 0 Å². The molecule has 1 aliphatic heterocycles. The van der Waals surface area contributed by atoms with Gasteiger partial charge in [0.05, 0.1) is 5.60 Å². The van der Waals surface area contributed by atoms with Gasteiger partial charge in [-0.05, 0) is 43.0 Å². The zero-order valence-electron chi connectivity index (χ0n) is 10.5. The molecule has 2 nitrogen and oxygen atoms in total. The molecule has 1 heterocycles. The number of aliphatic hydroxyl groups is 1. The van der Waals surface area contributed by atoms with E-state index in [9.17, 15) is 5.11 Å². The summed E-state index contributed by atoms with van der Waals surface area (Å²) in [7, 11) is 0. The summed E-state index contributed by atoms with van der Waals surface area (Å²) < 4.78 is 0. The first-order valence-electron chi connectivity index (χ1n) is 6.19. The minimum atomic E-state index is -0.621. The Kier molecular flexibility index (Phi) is 3.76. The van der Waals surface area contributed by atoms with Crippen molar-refractivity contribution in [3.05, 3.63) is 34.3 Å². The molecular formula is C14H20ClNO. The fourth-order valence-corrected chi connectivity index (χ4v) is 2.75. The maximum Gasteiger partial charge on any atom is 0.0738 e. The third kappa shape index (κ3) is 2.82. The van der Waals surface area contributed by atoms with E-state index in [4.69, 9.17) is 11.6 Å². The molecule has 0 bridgehead atoms. The van der Waals surface area contributed by atoms with Crippen LogP contribution < -0.4 is 5.32 Å². The van der Waals surface area contributed by atoms with Crippen LogP contribution >= 0.6 is 11.6 Å². The fraction of sp³-hybridized carbons (Fsp3) is 0.571. The maximum absolute atomic E-state index is 10.7. The molecule has 3 heteroatoms. The fourth-order valence-electron chi connectivity index (χ4n) is 2.45. The molecule has 2 atom stereocenters. The molecule has 0 amide bonds. The van der Waals surface area contributed by atoms with Gasteiger partial charge < -0.3 is 10.4 Å². The summed E-state index contributed by atoms with van der Waals surface area (Å²) in [5.74, 6) is 0.258. The van der Waals surface area contributed by atoms with Crippen molar-refractivity contribution in [3.8, 4) is 0 Å². The number of piperidine rings is 1. The Balaban J connectivity index is 2.19. The number of hydrogen-bond acceptors (Lipinski definition) is 2. The highest BCUT2D eigenvalue weighted by atomic mass is 35.5. The van der Waals surface area contributed by atoms with Crippen LogP contribution in [-0.4, -0.2) is 23.8 Å². The standard InChI is InChI=1S/C14H20ClNO/c1-10-3-4-12(13(15)7-10)8-14(17)5-6-16-9-11(14)2/h3-4,7,11,16-17H,5-6,8-9H2,1-2H3. The molecule has 2 N–H and O–H groups in total. The van der Waals surface area contributed by atoms with Gasteiger partial charge >= 0.3 is 0 Å². The number of benzene rings is 1. The van der Waals surface area contributed by atoms with Gasteiger partial charge in [-0.1, -0.05) is 30.7 Å². The molecule has 1 aromatic carbocycles. The summed E-state index contributed by atoms with van der Waals surface area (Å²) in [5.41, 5.74) is 1.59. The van der Waals surface area contributed by atoms with Crippen LogP contribution in [0.4, 0.5) is 0 Å². The lowest BCUT2D eigenvalue weighted by molar-refractivity contribution is -0.0329. The molecule has 1 aromatic rings. The zero-order valence-corrected chi connectivity index (χ0v) is 11.2. The summed E-state index contributed by atoms with van der Waals surface area (Å²) >= 11 is 6.23. The van der Waals surface area contributed by atoms with E-state index in [1.54, 1.807) is 0 Å². The summed E-state index contributed by atoms with van der Waals surface area (Å²) in [6, 6.07) is 6.05. The highest BCUT2D eigenvalue weighted by Gasteiger charge is 2.36. The molecule has 94 valence electrons. The van der Waals surface area contributed by atoms with Gasteiger partial charge in [0.2, 0.25) is 0 Å². The van der Waals surface area contributed by atoms with Crippen LogP contribution in [0.3, 0.4) is 0 Å². The summed E-state index contributed by atoms with van der Waals surface area (Å²) in [6.45, 7) is 5.87. The molecule has 1 saturated heterocycles. The molecule has 0 aromatic heterocycles. The molecule has 2 rings (SSSR count). The lowest BCUT2D eigenvalue weighted by atomic mass is 9.78. The van der Waals surface area contributed by atoms with Crippen LogP contribution in [-0.2, 0) is 6.42 Å². The Hall–Kier alpha value is -0.570. The van der Waals surface area contributed by atoms with Gasteiger partial charge in [-0.25, -0.2) is 0 Å². The van der Waals surface area contributed by atoms with Crippen LogP contribution in [0.1, 0.15) is 24.5 Å². The number of aryl methyl sites for hydroxylation is 1. The van der Waals surface area contributed by atoms with Crippen molar-refractivity contribution in [2.24, 2.45) is 5.92 Å². The molecule has 0 radical (unpaired) electrons. The minimum Gasteiger partial charge on any atom is -0.389 e. The summed E-state index contributed by atoms with van der Waals surface area (Å²) in [5, 5.41) is 14.8. The normalized spacial score (nSPS) is 29.3. The molecule has 0 spiro atoms. The SMILES string of the molecule is Cc1ccc(CC2(O)CCNCC2C)c(Cl)c1. The van der Waals surface area contributed by atoms with E-state index in [1.807, 2.05) is 19.1 Å². The molecule has 1 fully saturated rings. The average molecular weight is 254 g/mol. The van der Waals surface area contributed by atoms with E-state index < -0.39 is 5.60 Å². The van der Waals surface area contributed by atoms with Crippen LogP contribution in [0.25, 0.3) is 0 Å². The topological polar surface area (TPSA) is 32.3 Å². The van der Waals surface area contributed by atoms with E-state index in [0.717, 1.165) is 35.7 Å². The summed E-state index contributed by atoms with van der Waals surface area (Å²) in [4.78, 5) is 0. The molecule has 0 saturated carbocycles. The van der Waals surface area contributed by atoms with Gasteiger partial charge in [0.1, 0.15) is 0 Å². The van der Waals surface area contributed by atoms with Crippen molar-refractivity contribution in [2.75, 3.05) is 13.1 Å². The van der Waals surface area contributed by atoms with Gasteiger partial charge in [-0.2, -0.15) is 0 Å². The quantitative estimate of drug-likeness (QED) is 0.849. The minimum absolute atomic E-state index is 0.258. The predicted molar refractivity (Wildman–Crippen MR) is 71.5 cm³/mol. The molecule has 0 aliphatic carbocycles. The van der Waals surface area contributed by atoms with Gasteiger partial charge in [-0.3, -0.25) is 0 Å². The van der Waals surface area contributed by atoms with Gasteiger partial charge in [0.25, 0.3) is 0 Å². The maximum atomic E-state index is 10.7. The van der Waals surface area contributed by atoms with Gasteiger partial charge in [0, 0.05) is 18.0 Å². The predicted octanol–water partition coefficient (Wildman–Crippen LogP) is 2.55. The third-order valence-corrected chi connectivity index (χ3v) is 4.16. The Bertz CT molecular complexity index is 407. The van der Waals surface area contributed by atoms with Crippen molar-refractivity contribution >= 4 is 11.6 Å². The van der Waals surface area contributed by atoms with Crippen molar-refractivity contribution in [1.82, 2.24) is 5.32 Å². The smallest absolute Gasteiger partial charge is 0.0738 e. The van der Waals surface area contributed by atoms with Crippen molar-refractivity contribution < 1.29 is 5.11 Å². The van der Waals surface area contributed by atoms with Crippen LogP contribution in [0.2, 0.25) is 5.02 Å². The van der Waals surface area contributed by atoms with Gasteiger partial charge in [0.15, 0.2) is 0 Å².